The van der Waals surface area contributed by atoms with E-state index in [9.17, 15) is 13.6 Å². The summed E-state index contributed by atoms with van der Waals surface area (Å²) in [6.45, 7) is 0. The molecule has 106 valence electrons. The summed E-state index contributed by atoms with van der Waals surface area (Å²) in [4.78, 5) is 11.8. The van der Waals surface area contributed by atoms with Crippen molar-refractivity contribution in [3.05, 3.63) is 30.4 Å². The molecule has 2 aliphatic rings. The van der Waals surface area contributed by atoms with Crippen LogP contribution in [0.4, 0.5) is 14.5 Å². The smallest absolute Gasteiger partial charge is 0.395 e. The molecule has 1 unspecified atom stereocenters. The molecule has 0 saturated carbocycles. The van der Waals surface area contributed by atoms with Crippen molar-refractivity contribution in [2.75, 3.05) is 5.32 Å². The lowest BCUT2D eigenvalue weighted by Gasteiger charge is -2.09. The minimum absolute atomic E-state index is 0.0354. The molecule has 20 heavy (non-hydrogen) atoms. The van der Waals surface area contributed by atoms with Gasteiger partial charge in [-0.05, 0) is 30.9 Å². The van der Waals surface area contributed by atoms with Crippen LogP contribution in [-0.4, -0.2) is 12.2 Å². The summed E-state index contributed by atoms with van der Waals surface area (Å²) in [5.74, 6) is 0.000747. The van der Waals surface area contributed by atoms with Crippen LogP contribution in [0.2, 0.25) is 0 Å². The van der Waals surface area contributed by atoms with Gasteiger partial charge in [-0.3, -0.25) is 4.79 Å². The molecule has 6 heteroatoms. The number of hydrogen-bond donors (Lipinski definition) is 1. The Balaban J connectivity index is 1.64. The fourth-order valence-electron chi connectivity index (χ4n) is 2.34. The van der Waals surface area contributed by atoms with Crippen LogP contribution in [0.15, 0.2) is 30.4 Å². The van der Waals surface area contributed by atoms with Crippen molar-refractivity contribution in [3.8, 4) is 11.5 Å². The monoisotopic (exact) mass is 281 g/mol. The second kappa shape index (κ2) is 4.77. The largest absolute Gasteiger partial charge is 0.586 e. The molecule has 1 aliphatic carbocycles. The molecule has 1 N–H and O–H groups in total. The first-order valence-electron chi connectivity index (χ1n) is 6.38. The molecule has 0 aromatic heterocycles. The summed E-state index contributed by atoms with van der Waals surface area (Å²) in [6, 6.07) is 4.19. The summed E-state index contributed by atoms with van der Waals surface area (Å²) in [5.41, 5.74) is 0.414. The molecule has 0 bridgehead atoms. The molecule has 1 aliphatic heterocycles. The molecule has 1 heterocycles. The van der Waals surface area contributed by atoms with Crippen LogP contribution in [0.25, 0.3) is 0 Å². The molecule has 4 nitrogen and oxygen atoms in total. The third-order valence-corrected chi connectivity index (χ3v) is 3.24. The Hall–Kier alpha value is -2.11. The van der Waals surface area contributed by atoms with E-state index in [2.05, 4.69) is 20.9 Å². The second-order valence-electron chi connectivity index (χ2n) is 4.85. The van der Waals surface area contributed by atoms with Crippen molar-refractivity contribution in [2.24, 2.45) is 5.92 Å². The van der Waals surface area contributed by atoms with E-state index < -0.39 is 6.29 Å². The van der Waals surface area contributed by atoms with Gasteiger partial charge in [0.05, 0.1) is 0 Å². The van der Waals surface area contributed by atoms with Gasteiger partial charge in [-0.2, -0.15) is 0 Å². The van der Waals surface area contributed by atoms with Crippen LogP contribution in [0, 0.1) is 5.92 Å². The van der Waals surface area contributed by atoms with Crippen LogP contribution in [0.5, 0.6) is 11.5 Å². The quantitative estimate of drug-likeness (QED) is 0.865. The number of amides is 1. The number of allylic oxidation sites excluding steroid dienone is 2. The maximum atomic E-state index is 12.9. The summed E-state index contributed by atoms with van der Waals surface area (Å²) in [5, 5.41) is 2.67. The van der Waals surface area contributed by atoms with E-state index in [-0.39, 0.29) is 23.3 Å². The van der Waals surface area contributed by atoms with Crippen molar-refractivity contribution in [1.82, 2.24) is 0 Å². The zero-order chi connectivity index (χ0) is 14.2. The third-order valence-electron chi connectivity index (χ3n) is 3.24. The number of nitrogens with one attached hydrogen (secondary N) is 1. The number of carbonyl (C=O) groups excluding carboxylic acids is 1. The highest BCUT2D eigenvalue weighted by Gasteiger charge is 2.43. The van der Waals surface area contributed by atoms with Gasteiger partial charge in [0.25, 0.3) is 0 Å². The Bertz CT molecular complexity index is 572. The first-order chi connectivity index (χ1) is 9.52. The maximum Gasteiger partial charge on any atom is 0.586 e. The Morgan fingerprint density at radius 1 is 1.35 bits per heavy atom. The lowest BCUT2D eigenvalue weighted by atomic mass is 10.1. The van der Waals surface area contributed by atoms with Gasteiger partial charge >= 0.3 is 6.29 Å². The van der Waals surface area contributed by atoms with Crippen molar-refractivity contribution in [3.63, 3.8) is 0 Å². The molecular weight excluding hydrogens is 268 g/mol. The fraction of sp³-hybridized carbons (Fsp3) is 0.357. The Labute approximate surface area is 114 Å². The first kappa shape index (κ1) is 12.9. The van der Waals surface area contributed by atoms with Gasteiger partial charge < -0.3 is 14.8 Å². The normalized spacial score (nSPS) is 22.0. The minimum atomic E-state index is -3.64. The number of ether oxygens (including phenoxy) is 2. The van der Waals surface area contributed by atoms with Gasteiger partial charge in [-0.1, -0.05) is 12.2 Å². The molecule has 0 radical (unpaired) electrons. The Morgan fingerprint density at radius 2 is 2.15 bits per heavy atom. The number of benzene rings is 1. The topological polar surface area (TPSA) is 47.6 Å². The molecule has 1 aromatic rings. The van der Waals surface area contributed by atoms with Crippen LogP contribution in [0.3, 0.4) is 0 Å². The average molecular weight is 281 g/mol. The summed E-state index contributed by atoms with van der Waals surface area (Å²) >= 11 is 0. The van der Waals surface area contributed by atoms with Crippen LogP contribution in [-0.2, 0) is 4.79 Å². The van der Waals surface area contributed by atoms with Gasteiger partial charge in [0, 0.05) is 18.2 Å². The molecule has 3 rings (SSSR count). The number of hydrogen-bond acceptors (Lipinski definition) is 3. The number of anilines is 1. The van der Waals surface area contributed by atoms with Crippen LogP contribution < -0.4 is 14.8 Å². The Kier molecular flexibility index (Phi) is 3.08. The molecular formula is C14H13F2NO3. The third kappa shape index (κ3) is 2.74. The number of fused-ring (bicyclic) bond motifs is 1. The van der Waals surface area contributed by atoms with E-state index in [0.717, 1.165) is 12.8 Å². The lowest BCUT2D eigenvalue weighted by Crippen LogP contribution is -2.25. The van der Waals surface area contributed by atoms with Crippen molar-refractivity contribution in [1.29, 1.82) is 0 Å². The summed E-state index contributed by atoms with van der Waals surface area (Å²) in [6.07, 6.45) is 2.80. The van der Waals surface area contributed by atoms with Gasteiger partial charge in [0.1, 0.15) is 0 Å². The minimum Gasteiger partial charge on any atom is -0.395 e. The standard InChI is InChI=1S/C14H13F2NO3/c15-14(16)19-11-6-5-10(8-12(11)20-14)17-13(18)7-9-3-1-2-4-9/h1,3,5-6,8-9H,2,4,7H2,(H,17,18). The molecule has 0 spiro atoms. The molecule has 1 aromatic carbocycles. The van der Waals surface area contributed by atoms with E-state index in [1.807, 2.05) is 6.08 Å². The van der Waals surface area contributed by atoms with Crippen molar-refractivity contribution in [2.45, 2.75) is 25.6 Å². The number of carbonyl (C=O) groups is 1. The first-order valence-corrected chi connectivity index (χ1v) is 6.38. The van der Waals surface area contributed by atoms with Gasteiger partial charge in [-0.15, -0.1) is 8.78 Å². The van der Waals surface area contributed by atoms with E-state index in [1.54, 1.807) is 0 Å². The van der Waals surface area contributed by atoms with Crippen LogP contribution in [0.1, 0.15) is 19.3 Å². The van der Waals surface area contributed by atoms with E-state index in [4.69, 9.17) is 0 Å². The van der Waals surface area contributed by atoms with Gasteiger partial charge in [0.15, 0.2) is 11.5 Å². The molecule has 0 saturated heterocycles. The van der Waals surface area contributed by atoms with Gasteiger partial charge in [-0.25, -0.2) is 0 Å². The van der Waals surface area contributed by atoms with Crippen LogP contribution >= 0.6 is 0 Å². The molecule has 0 fully saturated rings. The van der Waals surface area contributed by atoms with Gasteiger partial charge in [0.2, 0.25) is 5.91 Å². The highest BCUT2D eigenvalue weighted by Crippen LogP contribution is 2.42. The average Bonchev–Trinajstić information content (AvgIpc) is 2.94. The highest BCUT2D eigenvalue weighted by atomic mass is 19.3. The Morgan fingerprint density at radius 3 is 2.90 bits per heavy atom. The summed E-state index contributed by atoms with van der Waals surface area (Å²) < 4.78 is 34.3. The fourth-order valence-corrected chi connectivity index (χ4v) is 2.34. The van der Waals surface area contributed by atoms with Crippen molar-refractivity contribution >= 4 is 11.6 Å². The zero-order valence-corrected chi connectivity index (χ0v) is 10.6. The number of rotatable bonds is 3. The maximum absolute atomic E-state index is 12.9. The SMILES string of the molecule is O=C(CC1C=CCC1)Nc1ccc2c(c1)OC(F)(F)O2. The van der Waals surface area contributed by atoms with Crippen molar-refractivity contribution < 1.29 is 23.0 Å². The molecule has 1 amide bonds. The predicted octanol–water partition coefficient (Wildman–Crippen LogP) is 3.30. The second-order valence-corrected chi connectivity index (χ2v) is 4.85. The highest BCUT2D eigenvalue weighted by molar-refractivity contribution is 5.91. The summed E-state index contributed by atoms with van der Waals surface area (Å²) in [7, 11) is 0. The van der Waals surface area contributed by atoms with E-state index >= 15 is 0 Å². The van der Waals surface area contributed by atoms with E-state index in [0.29, 0.717) is 12.1 Å². The predicted molar refractivity (Wildman–Crippen MR) is 67.8 cm³/mol. The van der Waals surface area contributed by atoms with E-state index in [1.165, 1.54) is 18.2 Å². The number of halogens is 2. The number of alkyl halides is 2. The zero-order valence-electron chi connectivity index (χ0n) is 10.6. The lowest BCUT2D eigenvalue weighted by molar-refractivity contribution is -0.286. The molecule has 1 atom stereocenters.